The summed E-state index contributed by atoms with van der Waals surface area (Å²) >= 11 is 0. The number of amides is 1. The average Bonchev–Trinajstić information content (AvgIpc) is 2.36. The van der Waals surface area contributed by atoms with Crippen molar-refractivity contribution in [3.63, 3.8) is 0 Å². The topological polar surface area (TPSA) is 41.6 Å². The number of alkyl carbamates (subject to hydrolysis) is 1. The molecular formula is C17H26N2O2. The van der Waals surface area contributed by atoms with Crippen LogP contribution in [0, 0.1) is 0 Å². The van der Waals surface area contributed by atoms with Gasteiger partial charge in [0.05, 0.1) is 0 Å². The second-order valence-electron chi connectivity index (χ2n) is 6.91. The largest absolute Gasteiger partial charge is 0.444 e. The molecule has 0 aromatic heterocycles. The molecule has 1 aliphatic rings. The Labute approximate surface area is 127 Å². The molecule has 1 heterocycles. The highest BCUT2D eigenvalue weighted by Gasteiger charge is 2.28. The molecule has 2 rings (SSSR count). The molecule has 0 saturated carbocycles. The predicted octanol–water partition coefficient (Wildman–Crippen LogP) is 3.00. The standard InChI is InChI=1S/C17H26N2O2/c1-17(2,3)21-16(20)18-15-10-14(11-19(4)12-15)13-8-6-5-7-9-13/h5-9,14-15H,10-12H2,1-4H3,(H,18,20)/t14-,15-/m0/s1. The number of likely N-dealkylation sites (tertiary alicyclic amines) is 1. The zero-order valence-electron chi connectivity index (χ0n) is 13.4. The molecule has 21 heavy (non-hydrogen) atoms. The van der Waals surface area contributed by atoms with Crippen LogP contribution >= 0.6 is 0 Å². The van der Waals surface area contributed by atoms with Crippen molar-refractivity contribution in [3.05, 3.63) is 35.9 Å². The third-order valence-electron chi connectivity index (χ3n) is 3.62. The van der Waals surface area contributed by atoms with Gasteiger partial charge in [-0.2, -0.15) is 0 Å². The van der Waals surface area contributed by atoms with E-state index in [4.69, 9.17) is 4.74 Å². The van der Waals surface area contributed by atoms with Crippen LogP contribution in [0.15, 0.2) is 30.3 Å². The molecule has 1 amide bonds. The van der Waals surface area contributed by atoms with Gasteiger partial charge in [-0.3, -0.25) is 0 Å². The van der Waals surface area contributed by atoms with E-state index < -0.39 is 5.60 Å². The minimum atomic E-state index is -0.455. The minimum absolute atomic E-state index is 0.129. The quantitative estimate of drug-likeness (QED) is 0.910. The molecule has 2 atom stereocenters. The molecule has 0 aliphatic carbocycles. The van der Waals surface area contributed by atoms with Crippen molar-refractivity contribution in [2.24, 2.45) is 0 Å². The number of piperidine rings is 1. The number of carbonyl (C=O) groups excluding carboxylic acids is 1. The number of hydrogen-bond acceptors (Lipinski definition) is 3. The lowest BCUT2D eigenvalue weighted by molar-refractivity contribution is 0.0473. The Morgan fingerprint density at radius 1 is 1.24 bits per heavy atom. The van der Waals surface area contributed by atoms with Gasteiger partial charge in [0.2, 0.25) is 0 Å². The molecule has 1 saturated heterocycles. The monoisotopic (exact) mass is 290 g/mol. The number of carbonyl (C=O) groups is 1. The molecule has 4 nitrogen and oxygen atoms in total. The predicted molar refractivity (Wildman–Crippen MR) is 84.5 cm³/mol. The Kier molecular flexibility index (Phi) is 4.88. The third-order valence-corrected chi connectivity index (χ3v) is 3.62. The van der Waals surface area contributed by atoms with Crippen LogP contribution < -0.4 is 5.32 Å². The molecule has 1 aliphatic heterocycles. The lowest BCUT2D eigenvalue weighted by atomic mass is 9.88. The maximum atomic E-state index is 11.9. The summed E-state index contributed by atoms with van der Waals surface area (Å²) in [4.78, 5) is 14.2. The van der Waals surface area contributed by atoms with Crippen LogP contribution in [-0.2, 0) is 4.74 Å². The fourth-order valence-corrected chi connectivity index (χ4v) is 2.86. The molecule has 116 valence electrons. The number of nitrogens with one attached hydrogen (secondary N) is 1. The van der Waals surface area contributed by atoms with E-state index in [2.05, 4.69) is 41.5 Å². The summed E-state index contributed by atoms with van der Waals surface area (Å²) in [6.07, 6.45) is 0.628. The molecule has 0 spiro atoms. The van der Waals surface area contributed by atoms with E-state index in [0.717, 1.165) is 19.5 Å². The van der Waals surface area contributed by atoms with Crippen LogP contribution in [0.25, 0.3) is 0 Å². The lowest BCUT2D eigenvalue weighted by Crippen LogP contribution is -2.49. The summed E-state index contributed by atoms with van der Waals surface area (Å²) in [6.45, 7) is 7.53. The summed E-state index contributed by atoms with van der Waals surface area (Å²) in [6, 6.07) is 10.6. The highest BCUT2D eigenvalue weighted by molar-refractivity contribution is 5.68. The van der Waals surface area contributed by atoms with E-state index in [-0.39, 0.29) is 12.1 Å². The summed E-state index contributed by atoms with van der Waals surface area (Å²) in [5, 5.41) is 3.00. The van der Waals surface area contributed by atoms with Gasteiger partial charge in [-0.1, -0.05) is 30.3 Å². The molecular weight excluding hydrogens is 264 g/mol. The van der Waals surface area contributed by atoms with Crippen LogP contribution in [0.3, 0.4) is 0 Å². The Bertz CT molecular complexity index is 467. The molecule has 0 bridgehead atoms. The number of ether oxygens (including phenoxy) is 1. The second-order valence-corrected chi connectivity index (χ2v) is 6.91. The van der Waals surface area contributed by atoms with Gasteiger partial charge in [0, 0.05) is 19.1 Å². The van der Waals surface area contributed by atoms with Crippen molar-refractivity contribution in [1.82, 2.24) is 10.2 Å². The smallest absolute Gasteiger partial charge is 0.407 e. The van der Waals surface area contributed by atoms with Gasteiger partial charge in [0.15, 0.2) is 0 Å². The number of benzene rings is 1. The van der Waals surface area contributed by atoms with Crippen LogP contribution in [0.5, 0.6) is 0 Å². The van der Waals surface area contributed by atoms with Gasteiger partial charge in [-0.25, -0.2) is 4.79 Å². The number of likely N-dealkylation sites (N-methyl/N-ethyl adjacent to an activating group) is 1. The summed E-state index contributed by atoms with van der Waals surface area (Å²) in [5.41, 5.74) is 0.878. The fourth-order valence-electron chi connectivity index (χ4n) is 2.86. The van der Waals surface area contributed by atoms with Crippen LogP contribution in [0.1, 0.15) is 38.7 Å². The summed E-state index contributed by atoms with van der Waals surface area (Å²) < 4.78 is 5.35. The molecule has 1 N–H and O–H groups in total. The van der Waals surface area contributed by atoms with Crippen molar-refractivity contribution in [2.75, 3.05) is 20.1 Å². The highest BCUT2D eigenvalue weighted by atomic mass is 16.6. The number of hydrogen-bond donors (Lipinski definition) is 1. The maximum absolute atomic E-state index is 11.9. The zero-order chi connectivity index (χ0) is 15.5. The summed E-state index contributed by atoms with van der Waals surface area (Å²) in [7, 11) is 2.10. The van der Waals surface area contributed by atoms with Crippen molar-refractivity contribution in [3.8, 4) is 0 Å². The van der Waals surface area contributed by atoms with E-state index in [9.17, 15) is 4.79 Å². The van der Waals surface area contributed by atoms with E-state index >= 15 is 0 Å². The van der Waals surface area contributed by atoms with E-state index in [1.54, 1.807) is 0 Å². The maximum Gasteiger partial charge on any atom is 0.407 e. The zero-order valence-corrected chi connectivity index (χ0v) is 13.4. The Balaban J connectivity index is 1.96. The molecule has 1 aromatic rings. The first kappa shape index (κ1) is 15.8. The number of nitrogens with zero attached hydrogens (tertiary/aromatic N) is 1. The average molecular weight is 290 g/mol. The first-order valence-electron chi connectivity index (χ1n) is 7.56. The highest BCUT2D eigenvalue weighted by Crippen LogP contribution is 2.26. The SMILES string of the molecule is CN1C[C@@H](NC(=O)OC(C)(C)C)C[C@H](c2ccccc2)C1. The normalized spacial score (nSPS) is 23.6. The van der Waals surface area contributed by atoms with Crippen molar-refractivity contribution in [2.45, 2.75) is 44.8 Å². The Morgan fingerprint density at radius 2 is 1.90 bits per heavy atom. The number of rotatable bonds is 2. The summed E-state index contributed by atoms with van der Waals surface area (Å²) in [5.74, 6) is 0.449. The van der Waals surface area contributed by atoms with Gasteiger partial charge in [-0.15, -0.1) is 0 Å². The van der Waals surface area contributed by atoms with Crippen molar-refractivity contribution >= 4 is 6.09 Å². The molecule has 4 heteroatoms. The first-order chi connectivity index (χ1) is 9.83. The van der Waals surface area contributed by atoms with E-state index in [1.165, 1.54) is 5.56 Å². The van der Waals surface area contributed by atoms with Gasteiger partial charge in [-0.05, 0) is 45.7 Å². The van der Waals surface area contributed by atoms with Crippen LogP contribution in [-0.4, -0.2) is 42.8 Å². The molecule has 1 fully saturated rings. The molecule has 1 aromatic carbocycles. The van der Waals surface area contributed by atoms with Gasteiger partial charge >= 0.3 is 6.09 Å². The first-order valence-corrected chi connectivity index (χ1v) is 7.56. The van der Waals surface area contributed by atoms with Gasteiger partial charge < -0.3 is 15.0 Å². The Morgan fingerprint density at radius 3 is 2.52 bits per heavy atom. The van der Waals surface area contributed by atoms with Gasteiger partial charge in [0.25, 0.3) is 0 Å². The van der Waals surface area contributed by atoms with Crippen LogP contribution in [0.4, 0.5) is 4.79 Å². The fraction of sp³-hybridized carbons (Fsp3) is 0.588. The van der Waals surface area contributed by atoms with E-state index in [1.807, 2.05) is 26.8 Å². The third kappa shape index (κ3) is 5.05. The molecule has 0 radical (unpaired) electrons. The van der Waals surface area contributed by atoms with Gasteiger partial charge in [0.1, 0.15) is 5.60 Å². The van der Waals surface area contributed by atoms with E-state index in [0.29, 0.717) is 5.92 Å². The van der Waals surface area contributed by atoms with Crippen molar-refractivity contribution in [1.29, 1.82) is 0 Å². The Hall–Kier alpha value is -1.55. The minimum Gasteiger partial charge on any atom is -0.444 e. The molecule has 0 unspecified atom stereocenters. The lowest BCUT2D eigenvalue weighted by Gasteiger charge is -2.36. The second kappa shape index (κ2) is 6.48. The van der Waals surface area contributed by atoms with Crippen LogP contribution in [0.2, 0.25) is 0 Å². The van der Waals surface area contributed by atoms with Crippen molar-refractivity contribution < 1.29 is 9.53 Å².